The van der Waals surface area contributed by atoms with Crippen molar-refractivity contribution in [2.24, 2.45) is 0 Å². The molecule has 0 spiro atoms. The van der Waals surface area contributed by atoms with Crippen LogP contribution in [0, 0.1) is 0 Å². The van der Waals surface area contributed by atoms with Crippen LogP contribution in [0.25, 0.3) is 0 Å². The summed E-state index contributed by atoms with van der Waals surface area (Å²) in [5.41, 5.74) is 0. The van der Waals surface area contributed by atoms with Gasteiger partial charge in [0, 0.05) is 0 Å². The maximum absolute atomic E-state index is 2.35. The summed E-state index contributed by atoms with van der Waals surface area (Å²) in [4.78, 5) is 0. The Morgan fingerprint density at radius 3 is 1.29 bits per heavy atom. The third kappa shape index (κ3) is 3.39. The van der Waals surface area contributed by atoms with E-state index in [0.29, 0.717) is 0 Å². The van der Waals surface area contributed by atoms with Gasteiger partial charge in [0.25, 0.3) is 0 Å². The minimum Gasteiger partial charge on any atom is 1.00 e. The van der Waals surface area contributed by atoms with Gasteiger partial charge in [-0.15, -0.1) is 0 Å². The zero-order valence-electron chi connectivity index (χ0n) is 6.70. The predicted octanol–water partition coefficient (Wildman–Crippen LogP) is 2.39. The summed E-state index contributed by atoms with van der Waals surface area (Å²) in [6.07, 6.45) is 0. The van der Waals surface area contributed by atoms with E-state index >= 15 is 0 Å². The van der Waals surface area contributed by atoms with E-state index < -0.39 is 19.8 Å². The molecule has 0 aromatic rings. The van der Waals surface area contributed by atoms with Gasteiger partial charge in [0.1, 0.15) is 0 Å². The summed E-state index contributed by atoms with van der Waals surface area (Å²) in [5.74, 6) is 0. The maximum atomic E-state index is 2.35. The van der Waals surface area contributed by atoms with E-state index in [-0.39, 0.29) is 1.43 Å². The quantitative estimate of drug-likeness (QED) is 0.624. The summed E-state index contributed by atoms with van der Waals surface area (Å²) in [5, 5.41) is 0. The van der Waals surface area contributed by atoms with E-state index in [9.17, 15) is 0 Å². The molecule has 0 aliphatic rings. The van der Waals surface area contributed by atoms with Crippen LogP contribution in [0.2, 0.25) is 13.3 Å². The van der Waals surface area contributed by atoms with Gasteiger partial charge < -0.3 is 0 Å². The van der Waals surface area contributed by atoms with Crippen molar-refractivity contribution in [1.82, 2.24) is 0 Å². The Hall–Kier alpha value is 0.799. The molecule has 7 heavy (non-hydrogen) atoms. The van der Waals surface area contributed by atoms with Gasteiger partial charge in [-0.2, -0.15) is 0 Å². The predicted molar refractivity (Wildman–Crippen MR) is 39.7 cm³/mol. The van der Waals surface area contributed by atoms with E-state index in [1.165, 1.54) is 0 Å². The van der Waals surface area contributed by atoms with Crippen LogP contribution in [-0.2, 0) is 0 Å². The van der Waals surface area contributed by atoms with Gasteiger partial charge >= 0.3 is 55.3 Å². The van der Waals surface area contributed by atoms with Crippen molar-refractivity contribution in [1.29, 1.82) is 0 Å². The maximum Gasteiger partial charge on any atom is 1.00 e. The minimum atomic E-state index is -0.764. The van der Waals surface area contributed by atoms with E-state index in [2.05, 4.69) is 20.8 Å². The molecule has 0 N–H and O–H groups in total. The number of hydrogen-bond donors (Lipinski definition) is 0. The van der Waals surface area contributed by atoms with Gasteiger partial charge in [0.15, 0.2) is 0 Å². The van der Waals surface area contributed by atoms with Crippen LogP contribution in [0.3, 0.4) is 0 Å². The Morgan fingerprint density at radius 1 is 1.00 bits per heavy atom. The van der Waals surface area contributed by atoms with Crippen LogP contribution in [0.4, 0.5) is 0 Å². The fourth-order valence-corrected chi connectivity index (χ4v) is 5.81. The second kappa shape index (κ2) is 4.95. The molecular weight excluding hydrogens is 191 g/mol. The van der Waals surface area contributed by atoms with Gasteiger partial charge in [-0.25, -0.2) is 0 Å². The van der Waals surface area contributed by atoms with Crippen molar-refractivity contribution < 1.29 is 1.43 Å². The molecule has 0 aromatic carbocycles. The molecule has 0 heterocycles. The van der Waals surface area contributed by atoms with Crippen molar-refractivity contribution in [3.05, 3.63) is 0 Å². The molecule has 0 radical (unpaired) electrons. The van der Waals surface area contributed by atoms with Crippen LogP contribution < -0.4 is 0 Å². The third-order valence-corrected chi connectivity index (χ3v) is 11.6. The second-order valence-electron chi connectivity index (χ2n) is 2.09. The summed E-state index contributed by atoms with van der Waals surface area (Å²) in [6.45, 7) is 7.06. The number of rotatable bonds is 3. The van der Waals surface area contributed by atoms with Crippen molar-refractivity contribution in [3.8, 4) is 0 Å². The van der Waals surface area contributed by atoms with Gasteiger partial charge in [0.05, 0.1) is 0 Å². The van der Waals surface area contributed by atoms with Crippen molar-refractivity contribution in [2.45, 2.75) is 34.1 Å². The smallest absolute Gasteiger partial charge is 1.00 e. The Balaban J connectivity index is 0. The minimum absolute atomic E-state index is 0. The molecule has 0 fully saturated rings. The first-order chi connectivity index (χ1) is 3.35. The van der Waals surface area contributed by atoms with Crippen molar-refractivity contribution >= 4 is 19.8 Å². The summed E-state index contributed by atoms with van der Waals surface area (Å²) < 4.78 is 4.69. The van der Waals surface area contributed by atoms with Crippen LogP contribution in [-0.4, -0.2) is 19.8 Å². The fraction of sp³-hybridized carbons (Fsp3) is 1.00. The second-order valence-corrected chi connectivity index (χ2v) is 14.0. The van der Waals surface area contributed by atoms with Gasteiger partial charge in [-0.3, -0.25) is 0 Å². The Morgan fingerprint density at radius 2 is 1.29 bits per heavy atom. The molecule has 0 amide bonds. The molecule has 0 saturated heterocycles. The molecule has 1 heteroatoms. The molecule has 0 unspecified atom stereocenters. The largest absolute Gasteiger partial charge is 1.00 e. The first-order valence-electron chi connectivity index (χ1n) is 3.35. The molecule has 0 rings (SSSR count). The standard InChI is InChI=1S/3C2H5.Sn.H/c3*1-2;;/h3*1H2,2H3;;/p+1. The number of hydrogen-bond acceptors (Lipinski definition) is 0. The molecular formula is C6H17Sn+. The average Bonchev–Trinajstić information content (AvgIpc) is 1.72. The molecule has 0 aliphatic carbocycles. The van der Waals surface area contributed by atoms with Gasteiger partial charge in [0.2, 0.25) is 0 Å². The van der Waals surface area contributed by atoms with Gasteiger partial charge in [-0.1, -0.05) is 0 Å². The Labute approximate surface area is 55.5 Å². The van der Waals surface area contributed by atoms with Crippen molar-refractivity contribution in [2.75, 3.05) is 0 Å². The SMILES string of the molecule is C[CH2][SnH]([CH2]C)[CH2]C.[H+]. The molecule has 44 valence electrons. The molecule has 0 bridgehead atoms. The topological polar surface area (TPSA) is 0 Å². The third-order valence-electron chi connectivity index (χ3n) is 1.73. The van der Waals surface area contributed by atoms with Crippen molar-refractivity contribution in [3.63, 3.8) is 0 Å². The fourth-order valence-electron chi connectivity index (χ4n) is 0.866. The summed E-state index contributed by atoms with van der Waals surface area (Å²) >= 11 is -0.764. The molecule has 0 nitrogen and oxygen atoms in total. The van der Waals surface area contributed by atoms with E-state index in [1.54, 1.807) is 13.3 Å². The van der Waals surface area contributed by atoms with Crippen LogP contribution in [0.15, 0.2) is 0 Å². The van der Waals surface area contributed by atoms with Crippen LogP contribution >= 0.6 is 0 Å². The van der Waals surface area contributed by atoms with E-state index in [4.69, 9.17) is 0 Å². The summed E-state index contributed by atoms with van der Waals surface area (Å²) in [6, 6.07) is 0. The first kappa shape index (κ1) is 7.80. The van der Waals surface area contributed by atoms with Crippen LogP contribution in [0.5, 0.6) is 0 Å². The van der Waals surface area contributed by atoms with E-state index in [1.807, 2.05) is 0 Å². The summed E-state index contributed by atoms with van der Waals surface area (Å²) in [7, 11) is 0. The van der Waals surface area contributed by atoms with E-state index in [0.717, 1.165) is 0 Å². The monoisotopic (exact) mass is 209 g/mol. The normalized spacial score (nSPS) is 10.3. The molecule has 0 atom stereocenters. The molecule has 0 saturated carbocycles. The average molecular weight is 208 g/mol. The zero-order chi connectivity index (χ0) is 5.70. The van der Waals surface area contributed by atoms with Crippen LogP contribution in [0.1, 0.15) is 22.2 Å². The zero-order valence-corrected chi connectivity index (χ0v) is 8.99. The Kier molecular flexibility index (Phi) is 5.51. The molecule has 0 aliphatic heterocycles. The Bertz CT molecular complexity index is 30.0. The molecule has 0 aromatic heterocycles. The van der Waals surface area contributed by atoms with Gasteiger partial charge in [-0.05, 0) is 0 Å². The first-order valence-corrected chi connectivity index (χ1v) is 10.3.